The largest absolute Gasteiger partial charge is 0.483 e. The maximum atomic E-state index is 12.7. The smallest absolute Gasteiger partial charge is 0.293 e. The van der Waals surface area contributed by atoms with Crippen molar-refractivity contribution in [3.05, 3.63) is 81.7 Å². The van der Waals surface area contributed by atoms with Crippen molar-refractivity contribution in [2.24, 2.45) is 7.05 Å². The van der Waals surface area contributed by atoms with Gasteiger partial charge in [0.25, 0.3) is 5.56 Å². The van der Waals surface area contributed by atoms with Crippen LogP contribution in [0.25, 0.3) is 17.0 Å². The topological polar surface area (TPSA) is 31.2 Å². The Balaban J connectivity index is 1.97. The van der Waals surface area contributed by atoms with Crippen molar-refractivity contribution in [1.29, 1.82) is 0 Å². The zero-order valence-corrected chi connectivity index (χ0v) is 13.0. The van der Waals surface area contributed by atoms with Crippen LogP contribution in [0, 0.1) is 0 Å². The Hall–Kier alpha value is -2.81. The molecule has 0 amide bonds. The molecule has 0 saturated heterocycles. The highest BCUT2D eigenvalue weighted by Crippen LogP contribution is 2.27. The second kappa shape index (κ2) is 5.43. The van der Waals surface area contributed by atoms with Crippen LogP contribution in [-0.2, 0) is 20.1 Å². The minimum atomic E-state index is -0.0773. The normalized spacial score (nSPS) is 14.8. The fraction of sp³-hybridized carbons (Fsp3) is 0.150. The first-order valence-electron chi connectivity index (χ1n) is 7.73. The number of hydrogen-bond acceptors (Lipinski definition) is 2. The number of benzene rings is 2. The number of para-hydroxylation sites is 1. The third-order valence-electron chi connectivity index (χ3n) is 4.41. The van der Waals surface area contributed by atoms with E-state index >= 15 is 0 Å². The van der Waals surface area contributed by atoms with E-state index in [0.717, 1.165) is 27.6 Å². The molecule has 4 rings (SSSR count). The van der Waals surface area contributed by atoms with Gasteiger partial charge >= 0.3 is 0 Å². The molecule has 0 N–H and O–H groups in total. The van der Waals surface area contributed by atoms with Crippen molar-refractivity contribution in [1.82, 2.24) is 4.57 Å². The van der Waals surface area contributed by atoms with Crippen molar-refractivity contribution in [3.63, 3.8) is 0 Å². The predicted octanol–water partition coefficient (Wildman–Crippen LogP) is 3.69. The van der Waals surface area contributed by atoms with Crippen molar-refractivity contribution in [2.45, 2.75) is 13.0 Å². The van der Waals surface area contributed by atoms with Crippen LogP contribution in [0.4, 0.5) is 0 Å². The number of hydrogen-bond donors (Lipinski definition) is 0. The summed E-state index contributed by atoms with van der Waals surface area (Å²) in [5, 5.41) is 1.07. The maximum Gasteiger partial charge on any atom is 0.293 e. The van der Waals surface area contributed by atoms with E-state index in [1.54, 1.807) is 11.6 Å². The molecule has 0 aliphatic carbocycles. The summed E-state index contributed by atoms with van der Waals surface area (Å²) in [5.74, 6) is 0.465. The molecule has 0 spiro atoms. The minimum absolute atomic E-state index is 0.0773. The molecule has 2 heterocycles. The Morgan fingerprint density at radius 1 is 1.04 bits per heavy atom. The van der Waals surface area contributed by atoms with Gasteiger partial charge in [0.1, 0.15) is 6.61 Å². The van der Waals surface area contributed by atoms with Crippen LogP contribution in [-0.4, -0.2) is 4.57 Å². The Labute approximate surface area is 134 Å². The Morgan fingerprint density at radius 3 is 2.74 bits per heavy atom. The van der Waals surface area contributed by atoms with Crippen LogP contribution in [0.1, 0.15) is 16.7 Å². The summed E-state index contributed by atoms with van der Waals surface area (Å²) in [7, 11) is 1.80. The Kier molecular flexibility index (Phi) is 3.27. The van der Waals surface area contributed by atoms with E-state index in [1.165, 1.54) is 0 Å². The first-order chi connectivity index (χ1) is 11.3. The third kappa shape index (κ3) is 2.25. The van der Waals surface area contributed by atoms with Crippen LogP contribution in [0.2, 0.25) is 0 Å². The zero-order chi connectivity index (χ0) is 15.8. The molecule has 0 radical (unpaired) electrons. The third-order valence-corrected chi connectivity index (χ3v) is 4.41. The van der Waals surface area contributed by atoms with Crippen molar-refractivity contribution in [2.75, 3.05) is 0 Å². The van der Waals surface area contributed by atoms with Gasteiger partial charge in [-0.1, -0.05) is 54.6 Å². The van der Waals surface area contributed by atoms with Crippen LogP contribution in [0.5, 0.6) is 5.75 Å². The van der Waals surface area contributed by atoms with Gasteiger partial charge in [-0.15, -0.1) is 0 Å². The van der Waals surface area contributed by atoms with E-state index in [9.17, 15) is 4.79 Å². The lowest BCUT2D eigenvalue weighted by Gasteiger charge is -2.15. The van der Waals surface area contributed by atoms with E-state index in [-0.39, 0.29) is 5.56 Å². The number of rotatable bonds is 0. The summed E-state index contributed by atoms with van der Waals surface area (Å²) in [6.07, 6.45) is 4.90. The molecule has 0 fully saturated rings. The first-order valence-corrected chi connectivity index (χ1v) is 7.73. The molecule has 3 heteroatoms. The highest BCUT2D eigenvalue weighted by Gasteiger charge is 2.17. The van der Waals surface area contributed by atoms with Crippen LogP contribution in [0.15, 0.2) is 59.4 Å². The quantitative estimate of drug-likeness (QED) is 0.634. The average molecular weight is 303 g/mol. The monoisotopic (exact) mass is 303 g/mol. The summed E-state index contributed by atoms with van der Waals surface area (Å²) >= 11 is 0. The fourth-order valence-electron chi connectivity index (χ4n) is 3.17. The van der Waals surface area contributed by atoms with Gasteiger partial charge in [-0.05, 0) is 23.6 Å². The van der Waals surface area contributed by atoms with Gasteiger partial charge in [-0.2, -0.15) is 0 Å². The van der Waals surface area contributed by atoms with Gasteiger partial charge in [0.2, 0.25) is 0 Å². The van der Waals surface area contributed by atoms with Crippen molar-refractivity contribution < 1.29 is 4.74 Å². The minimum Gasteiger partial charge on any atom is -0.483 e. The molecule has 2 aromatic carbocycles. The number of aryl methyl sites for hydroxylation is 1. The fourth-order valence-corrected chi connectivity index (χ4v) is 3.17. The molecule has 0 atom stereocenters. The Bertz CT molecular complexity index is 983. The molecule has 3 nitrogen and oxygen atoms in total. The highest BCUT2D eigenvalue weighted by molar-refractivity contribution is 5.85. The summed E-state index contributed by atoms with van der Waals surface area (Å²) in [4.78, 5) is 12.7. The molecule has 0 bridgehead atoms. The zero-order valence-electron chi connectivity index (χ0n) is 13.0. The summed E-state index contributed by atoms with van der Waals surface area (Å²) in [5.41, 5.74) is 4.05. The molecule has 0 saturated carbocycles. The molecule has 1 aliphatic rings. The Morgan fingerprint density at radius 2 is 1.83 bits per heavy atom. The standard InChI is InChI=1S/C20H17NO2/c1-21-18-12-5-4-10-16(18)17-11-6-9-14-7-2-3-8-15(14)13-23-19(17)20(21)22/h2-10,12H,11,13H2,1H3/b9-6-. The molecule has 1 aliphatic heterocycles. The number of pyridine rings is 1. The van der Waals surface area contributed by atoms with Crippen LogP contribution >= 0.6 is 0 Å². The predicted molar refractivity (Wildman–Crippen MR) is 92.7 cm³/mol. The summed E-state index contributed by atoms with van der Waals surface area (Å²) in [6, 6.07) is 16.1. The van der Waals surface area contributed by atoms with Crippen LogP contribution in [0.3, 0.4) is 0 Å². The van der Waals surface area contributed by atoms with Crippen molar-refractivity contribution in [3.8, 4) is 5.75 Å². The number of ether oxygens (including phenoxy) is 1. The maximum absolute atomic E-state index is 12.7. The molecule has 1 aromatic heterocycles. The van der Waals surface area contributed by atoms with E-state index in [4.69, 9.17) is 4.74 Å². The van der Waals surface area contributed by atoms with Gasteiger partial charge in [-0.3, -0.25) is 4.79 Å². The number of allylic oxidation sites excluding steroid dienone is 1. The molecule has 0 unspecified atom stereocenters. The lowest BCUT2D eigenvalue weighted by molar-refractivity contribution is 0.298. The SMILES string of the molecule is Cn1c(=O)c2c(c3ccccc31)C/C=C\c1ccccc1CO2. The second-order valence-corrected chi connectivity index (χ2v) is 5.78. The summed E-state index contributed by atoms with van der Waals surface area (Å²) < 4.78 is 7.65. The lowest BCUT2D eigenvalue weighted by Crippen LogP contribution is -2.21. The van der Waals surface area contributed by atoms with E-state index in [0.29, 0.717) is 18.8 Å². The van der Waals surface area contributed by atoms with Crippen LogP contribution < -0.4 is 10.3 Å². The molecular formula is C20H17NO2. The molecule has 3 aromatic rings. The van der Waals surface area contributed by atoms with E-state index < -0.39 is 0 Å². The van der Waals surface area contributed by atoms with Gasteiger partial charge in [-0.25, -0.2) is 0 Å². The van der Waals surface area contributed by atoms with Crippen molar-refractivity contribution >= 4 is 17.0 Å². The van der Waals surface area contributed by atoms with Gasteiger partial charge in [0.05, 0.1) is 5.52 Å². The molecule has 23 heavy (non-hydrogen) atoms. The average Bonchev–Trinajstić information content (AvgIpc) is 2.68. The lowest BCUT2D eigenvalue weighted by atomic mass is 10.0. The number of nitrogens with zero attached hydrogens (tertiary/aromatic N) is 1. The number of fused-ring (bicyclic) bond motifs is 4. The number of aromatic nitrogens is 1. The van der Waals surface area contributed by atoms with Gasteiger partial charge in [0.15, 0.2) is 5.75 Å². The summed E-state index contributed by atoms with van der Waals surface area (Å²) in [6.45, 7) is 0.404. The first kappa shape index (κ1) is 13.8. The molecular weight excluding hydrogens is 286 g/mol. The second-order valence-electron chi connectivity index (χ2n) is 5.78. The highest BCUT2D eigenvalue weighted by atomic mass is 16.5. The van der Waals surface area contributed by atoms with Gasteiger partial charge < -0.3 is 9.30 Å². The van der Waals surface area contributed by atoms with E-state index in [2.05, 4.69) is 24.3 Å². The van der Waals surface area contributed by atoms with E-state index in [1.807, 2.05) is 36.4 Å². The molecule has 114 valence electrons. The van der Waals surface area contributed by atoms with Gasteiger partial charge in [0, 0.05) is 18.0 Å².